The molecule has 5 nitrogen and oxygen atoms in total. The van der Waals surface area contributed by atoms with E-state index in [4.69, 9.17) is 12.1 Å². The van der Waals surface area contributed by atoms with Crippen LogP contribution in [0.1, 0.15) is 54.2 Å². The third kappa shape index (κ3) is 8.71. The van der Waals surface area contributed by atoms with Crippen molar-refractivity contribution in [3.8, 4) is 39.5 Å². The summed E-state index contributed by atoms with van der Waals surface area (Å²) in [5, 5.41) is 3.11. The predicted octanol–water partition coefficient (Wildman–Crippen LogP) is 13.3. The van der Waals surface area contributed by atoms with E-state index < -0.39 is 14.4 Å². The second kappa shape index (κ2) is 17.3. The number of para-hydroxylation sites is 2. The normalized spacial score (nSPS) is 12.6. The zero-order valence-electron chi connectivity index (χ0n) is 37.8. The van der Waals surface area contributed by atoms with Crippen LogP contribution in [0.2, 0.25) is 19.6 Å². The van der Waals surface area contributed by atoms with Crippen LogP contribution in [-0.4, -0.2) is 27.6 Å². The number of benzene rings is 5. The van der Waals surface area contributed by atoms with Crippen LogP contribution in [0.5, 0.6) is 0 Å². The zero-order valence-corrected chi connectivity index (χ0v) is 39.2. The quantitative estimate of drug-likeness (QED) is 0.118. The van der Waals surface area contributed by atoms with Crippen LogP contribution >= 0.6 is 0 Å². The van der Waals surface area contributed by atoms with Crippen molar-refractivity contribution in [1.29, 1.82) is 0 Å². The number of pyridine rings is 2. The molecule has 60 heavy (non-hydrogen) atoms. The summed E-state index contributed by atoms with van der Waals surface area (Å²) in [7, 11) is -1.67. The maximum atomic E-state index is 8.55. The van der Waals surface area contributed by atoms with Gasteiger partial charge in [0.25, 0.3) is 0 Å². The molecule has 0 spiro atoms. The Morgan fingerprint density at radius 2 is 1.55 bits per heavy atom. The number of aryl methyl sites for hydroxylation is 1. The van der Waals surface area contributed by atoms with Gasteiger partial charge in [0.05, 0.1) is 30.5 Å². The van der Waals surface area contributed by atoms with Gasteiger partial charge in [0.2, 0.25) is 5.71 Å². The summed E-state index contributed by atoms with van der Waals surface area (Å²) >= 11 is 0. The van der Waals surface area contributed by atoms with Crippen molar-refractivity contribution in [2.45, 2.75) is 73.0 Å². The van der Waals surface area contributed by atoms with E-state index in [1.807, 2.05) is 81.6 Å². The average molecular weight is 983 g/mol. The van der Waals surface area contributed by atoms with Gasteiger partial charge in [0.1, 0.15) is 0 Å². The monoisotopic (exact) mass is 983 g/mol. The van der Waals surface area contributed by atoms with Crippen LogP contribution in [-0.2, 0) is 31.9 Å². The van der Waals surface area contributed by atoms with Gasteiger partial charge >= 0.3 is 0 Å². The molecule has 4 aromatic heterocycles. The number of hydrogen-bond donors (Lipinski definition) is 0. The summed E-state index contributed by atoms with van der Waals surface area (Å²) in [5.74, 6) is 0.705. The Morgan fingerprint density at radius 1 is 0.800 bits per heavy atom. The molecule has 9 rings (SSSR count). The van der Waals surface area contributed by atoms with E-state index in [-0.39, 0.29) is 31.4 Å². The first kappa shape index (κ1) is 40.0. The largest absolute Gasteiger partial charge is 0.486 e. The third-order valence-corrected chi connectivity index (χ3v) is 12.6. The Hall–Kier alpha value is -5.46. The maximum absolute atomic E-state index is 8.55. The SMILES string of the molecule is Cc1ccc2c(n1)oc1c(-c3nc4ccccc4n3-c3ccc(C(C)(C)C)cc3-c3ccccc3)[c-]ccc12.[2H]C([2H])(c1cc(-c2[c-]cccc2)ncc1[Si](C)(C)C)C(C)C.[Ir]. The zero-order chi connectivity index (χ0) is 43.3. The fourth-order valence-corrected chi connectivity index (χ4v) is 8.95. The molecule has 0 aliphatic heterocycles. The minimum absolute atomic E-state index is 0. The minimum atomic E-state index is -1.67. The number of nitrogens with zero attached hydrogens (tertiary/aromatic N) is 4. The van der Waals surface area contributed by atoms with Crippen molar-refractivity contribution in [2.24, 2.45) is 5.92 Å². The predicted molar refractivity (Wildman–Crippen MR) is 249 cm³/mol. The van der Waals surface area contributed by atoms with Gasteiger partial charge < -0.3 is 14.0 Å². The van der Waals surface area contributed by atoms with Crippen LogP contribution in [0.3, 0.4) is 0 Å². The van der Waals surface area contributed by atoms with Crippen molar-refractivity contribution in [3.63, 3.8) is 0 Å². The summed E-state index contributed by atoms with van der Waals surface area (Å²) < 4.78 is 25.7. The second-order valence-electron chi connectivity index (χ2n) is 17.6. The van der Waals surface area contributed by atoms with E-state index >= 15 is 0 Å². The molecule has 0 saturated heterocycles. The van der Waals surface area contributed by atoms with Crippen molar-refractivity contribution >= 4 is 46.4 Å². The van der Waals surface area contributed by atoms with Gasteiger partial charge in [-0.15, -0.1) is 54.1 Å². The smallest absolute Gasteiger partial charge is 0.216 e. The molecule has 4 heterocycles. The third-order valence-electron chi connectivity index (χ3n) is 10.6. The maximum Gasteiger partial charge on any atom is 0.216 e. The van der Waals surface area contributed by atoms with Crippen molar-refractivity contribution in [1.82, 2.24) is 19.5 Å². The van der Waals surface area contributed by atoms with Crippen molar-refractivity contribution in [2.75, 3.05) is 0 Å². The number of rotatable bonds is 7. The van der Waals surface area contributed by atoms with E-state index in [9.17, 15) is 0 Å². The van der Waals surface area contributed by atoms with E-state index in [1.54, 1.807) is 0 Å². The van der Waals surface area contributed by atoms with Crippen molar-refractivity contribution in [3.05, 3.63) is 163 Å². The van der Waals surface area contributed by atoms with E-state index in [1.165, 1.54) is 5.56 Å². The summed E-state index contributed by atoms with van der Waals surface area (Å²) in [6.07, 6.45) is 0.528. The fraction of sp³-hybridized carbons (Fsp3) is 0.226. The molecule has 1 radical (unpaired) electrons. The average Bonchev–Trinajstić information content (AvgIpc) is 3.81. The molecular formula is C53H52IrN4OSi-2. The molecule has 0 N–H and O–H groups in total. The molecule has 7 heteroatoms. The van der Waals surface area contributed by atoms with Gasteiger partial charge in [-0.3, -0.25) is 4.98 Å². The van der Waals surface area contributed by atoms with Gasteiger partial charge in [0, 0.05) is 51.4 Å². The molecular weight excluding hydrogens is 929 g/mol. The molecule has 0 amide bonds. The molecule has 305 valence electrons. The van der Waals surface area contributed by atoms with E-state index in [0.717, 1.165) is 83.3 Å². The molecule has 0 saturated carbocycles. The molecule has 9 aromatic rings. The fourth-order valence-electron chi connectivity index (χ4n) is 7.55. The Balaban J connectivity index is 0.000000215. The van der Waals surface area contributed by atoms with Crippen LogP contribution < -0.4 is 5.19 Å². The molecule has 0 atom stereocenters. The second-order valence-corrected chi connectivity index (χ2v) is 22.6. The van der Waals surface area contributed by atoms with E-state index in [2.05, 4.69) is 140 Å². The molecule has 0 aliphatic rings. The number of hydrogen-bond acceptors (Lipinski definition) is 4. The standard InChI is InChI=1S/C35H28N3O.C18H24NSi.Ir/c1-22-17-19-26-25-13-10-14-27(32(25)39-34(26)36-22)33-37-29-15-8-9-16-31(29)38(33)30-20-18-24(35(2,3)4)21-28(30)23-11-6-5-7-12-23;1-14(2)11-16-12-17(15-9-7-6-8-10-15)19-13-18(16)20(3,4)5;/h5-13,15-21H,1-4H3;6-9,12-14H,11H2,1-5H3;/q2*-1;/i;11D2;. The molecule has 0 aliphatic carbocycles. The van der Waals surface area contributed by atoms with Crippen LogP contribution in [0.4, 0.5) is 0 Å². The minimum Gasteiger partial charge on any atom is -0.486 e. The van der Waals surface area contributed by atoms with Crippen LogP contribution in [0, 0.1) is 25.0 Å². The first-order valence-corrected chi connectivity index (χ1v) is 23.9. The Kier molecular flexibility index (Phi) is 11.5. The topological polar surface area (TPSA) is 56.7 Å². The van der Waals surface area contributed by atoms with Crippen molar-refractivity contribution < 1.29 is 27.3 Å². The van der Waals surface area contributed by atoms with Gasteiger partial charge in [-0.25, -0.2) is 4.98 Å². The molecule has 0 fully saturated rings. The first-order valence-electron chi connectivity index (χ1n) is 21.4. The van der Waals surface area contributed by atoms with E-state index in [0.29, 0.717) is 5.71 Å². The molecule has 0 unspecified atom stereocenters. The van der Waals surface area contributed by atoms with Crippen LogP contribution in [0.25, 0.3) is 72.6 Å². The first-order chi connectivity index (χ1) is 29.0. The summed E-state index contributed by atoms with van der Waals surface area (Å²) in [6, 6.07) is 50.0. The number of furan rings is 1. The molecule has 5 aromatic carbocycles. The summed E-state index contributed by atoms with van der Waals surface area (Å²) in [4.78, 5) is 14.4. The van der Waals surface area contributed by atoms with Gasteiger partial charge in [-0.1, -0.05) is 125 Å². The van der Waals surface area contributed by atoms with Gasteiger partial charge in [-0.2, -0.15) is 0 Å². The summed E-state index contributed by atoms with van der Waals surface area (Å²) in [5.41, 5.74) is 12.2. The summed E-state index contributed by atoms with van der Waals surface area (Å²) in [6.45, 7) is 19.3. The number of fused-ring (bicyclic) bond motifs is 4. The molecule has 0 bridgehead atoms. The van der Waals surface area contributed by atoms with Crippen LogP contribution in [0.15, 0.2) is 138 Å². The Labute approximate surface area is 372 Å². The number of aromatic nitrogens is 4. The Morgan fingerprint density at radius 3 is 2.27 bits per heavy atom. The van der Waals surface area contributed by atoms with Gasteiger partial charge in [-0.05, 0) is 83.0 Å². The van der Waals surface area contributed by atoms with Gasteiger partial charge in [0.15, 0.2) is 0 Å². The number of imidazole rings is 1. The Bertz CT molecular complexity index is 3020.